The van der Waals surface area contributed by atoms with Crippen molar-refractivity contribution in [1.29, 1.82) is 0 Å². The van der Waals surface area contributed by atoms with Gasteiger partial charge in [-0.3, -0.25) is 0 Å². The third-order valence-electron chi connectivity index (χ3n) is 2.46. The first-order valence-electron chi connectivity index (χ1n) is 5.28. The molecule has 2 rings (SSSR count). The molecule has 1 nitrogen and oxygen atoms in total. The van der Waals surface area contributed by atoms with Crippen LogP contribution in [-0.2, 0) is 6.61 Å². The van der Waals surface area contributed by atoms with Crippen molar-refractivity contribution < 1.29 is 9.13 Å². The summed E-state index contributed by atoms with van der Waals surface area (Å²) in [5.41, 5.74) is 1.95. The number of rotatable bonds is 3. The van der Waals surface area contributed by atoms with Crippen LogP contribution in [0.4, 0.5) is 4.39 Å². The van der Waals surface area contributed by atoms with Gasteiger partial charge in [0.2, 0.25) is 0 Å². The fourth-order valence-corrected chi connectivity index (χ4v) is 1.63. The molecule has 0 unspecified atom stereocenters. The third-order valence-corrected chi connectivity index (χ3v) is 2.69. The number of aryl methyl sites for hydroxylation is 1. The van der Waals surface area contributed by atoms with Crippen molar-refractivity contribution in [3.63, 3.8) is 0 Å². The zero-order chi connectivity index (χ0) is 12.3. The maximum absolute atomic E-state index is 12.7. The van der Waals surface area contributed by atoms with Gasteiger partial charge in [0.25, 0.3) is 0 Å². The lowest BCUT2D eigenvalue weighted by molar-refractivity contribution is 0.304. The van der Waals surface area contributed by atoms with Crippen molar-refractivity contribution in [2.75, 3.05) is 0 Å². The summed E-state index contributed by atoms with van der Waals surface area (Å²) in [7, 11) is 0. The second-order valence-electron chi connectivity index (χ2n) is 3.82. The van der Waals surface area contributed by atoms with Gasteiger partial charge >= 0.3 is 0 Å². The normalized spacial score (nSPS) is 10.3. The Morgan fingerprint density at radius 1 is 1.12 bits per heavy atom. The Morgan fingerprint density at radius 3 is 2.53 bits per heavy atom. The number of hydrogen-bond donors (Lipinski definition) is 0. The average molecular weight is 251 g/mol. The first kappa shape index (κ1) is 11.9. The molecular formula is C14H12ClFO. The molecule has 0 amide bonds. The highest BCUT2D eigenvalue weighted by atomic mass is 35.5. The summed E-state index contributed by atoms with van der Waals surface area (Å²) >= 11 is 5.89. The predicted octanol–water partition coefficient (Wildman–Crippen LogP) is 4.37. The van der Waals surface area contributed by atoms with E-state index < -0.39 is 0 Å². The molecule has 3 heteroatoms. The van der Waals surface area contributed by atoms with Crippen LogP contribution in [0, 0.1) is 12.7 Å². The SMILES string of the molecule is Cc1ccc(Cl)cc1OCc1ccc(F)cc1. The van der Waals surface area contributed by atoms with Crippen LogP contribution in [0.15, 0.2) is 42.5 Å². The van der Waals surface area contributed by atoms with Crippen LogP contribution in [-0.4, -0.2) is 0 Å². The molecule has 0 atom stereocenters. The fraction of sp³-hybridized carbons (Fsp3) is 0.143. The Morgan fingerprint density at radius 2 is 1.82 bits per heavy atom. The molecule has 0 bridgehead atoms. The van der Waals surface area contributed by atoms with Crippen LogP contribution < -0.4 is 4.74 Å². The predicted molar refractivity (Wildman–Crippen MR) is 66.9 cm³/mol. The van der Waals surface area contributed by atoms with Crippen molar-refractivity contribution in [3.8, 4) is 5.75 Å². The molecule has 0 saturated heterocycles. The summed E-state index contributed by atoms with van der Waals surface area (Å²) in [6, 6.07) is 11.8. The van der Waals surface area contributed by atoms with Gasteiger partial charge in [0.1, 0.15) is 18.2 Å². The van der Waals surface area contributed by atoms with E-state index in [1.54, 1.807) is 18.2 Å². The van der Waals surface area contributed by atoms with E-state index in [-0.39, 0.29) is 5.82 Å². The van der Waals surface area contributed by atoms with Gasteiger partial charge in [-0.25, -0.2) is 4.39 Å². The zero-order valence-electron chi connectivity index (χ0n) is 9.41. The smallest absolute Gasteiger partial charge is 0.124 e. The second-order valence-corrected chi connectivity index (χ2v) is 4.26. The minimum Gasteiger partial charge on any atom is -0.489 e. The number of ether oxygens (including phenoxy) is 1. The molecular weight excluding hydrogens is 239 g/mol. The molecule has 0 aliphatic heterocycles. The third kappa shape index (κ3) is 3.21. The molecule has 17 heavy (non-hydrogen) atoms. The highest BCUT2D eigenvalue weighted by Gasteiger charge is 2.01. The molecule has 0 aromatic heterocycles. The minimum absolute atomic E-state index is 0.243. The van der Waals surface area contributed by atoms with Crippen molar-refractivity contribution in [2.45, 2.75) is 13.5 Å². The highest BCUT2D eigenvalue weighted by molar-refractivity contribution is 6.30. The molecule has 88 valence electrons. The van der Waals surface area contributed by atoms with E-state index in [1.807, 2.05) is 19.1 Å². The Labute approximate surface area is 105 Å². The van der Waals surface area contributed by atoms with Crippen molar-refractivity contribution in [1.82, 2.24) is 0 Å². The van der Waals surface area contributed by atoms with Gasteiger partial charge in [-0.05, 0) is 42.3 Å². The lowest BCUT2D eigenvalue weighted by Gasteiger charge is -2.09. The topological polar surface area (TPSA) is 9.23 Å². The average Bonchev–Trinajstić information content (AvgIpc) is 2.32. The minimum atomic E-state index is -0.243. The first-order valence-corrected chi connectivity index (χ1v) is 5.66. The largest absolute Gasteiger partial charge is 0.489 e. The van der Waals surface area contributed by atoms with Gasteiger partial charge in [-0.15, -0.1) is 0 Å². The molecule has 0 aliphatic rings. The van der Waals surface area contributed by atoms with Gasteiger partial charge in [0.05, 0.1) is 0 Å². The zero-order valence-corrected chi connectivity index (χ0v) is 10.2. The molecule has 0 spiro atoms. The van der Waals surface area contributed by atoms with E-state index in [9.17, 15) is 4.39 Å². The van der Waals surface area contributed by atoms with Crippen LogP contribution >= 0.6 is 11.6 Å². The molecule has 0 fully saturated rings. The summed E-state index contributed by atoms with van der Waals surface area (Å²) in [5, 5.41) is 0.643. The van der Waals surface area contributed by atoms with E-state index in [1.165, 1.54) is 12.1 Å². The summed E-state index contributed by atoms with van der Waals surface area (Å²) in [5.74, 6) is 0.509. The Kier molecular flexibility index (Phi) is 3.64. The standard InChI is InChI=1S/C14H12ClFO/c1-10-2-5-12(15)8-14(10)17-9-11-3-6-13(16)7-4-11/h2-8H,9H2,1H3. The van der Waals surface area contributed by atoms with Crippen LogP contribution in [0.5, 0.6) is 5.75 Å². The molecule has 2 aromatic rings. The summed E-state index contributed by atoms with van der Waals surface area (Å²) in [6.45, 7) is 2.36. The van der Waals surface area contributed by atoms with Crippen molar-refractivity contribution in [2.24, 2.45) is 0 Å². The van der Waals surface area contributed by atoms with Crippen molar-refractivity contribution >= 4 is 11.6 Å². The molecule has 0 saturated carbocycles. The van der Waals surface area contributed by atoms with Crippen LogP contribution in [0.2, 0.25) is 5.02 Å². The number of benzene rings is 2. The summed E-state index contributed by atoms with van der Waals surface area (Å²) in [4.78, 5) is 0. The maximum Gasteiger partial charge on any atom is 0.124 e. The molecule has 0 heterocycles. The van der Waals surface area contributed by atoms with Crippen LogP contribution in [0.3, 0.4) is 0 Å². The number of hydrogen-bond acceptors (Lipinski definition) is 1. The van der Waals surface area contributed by atoms with E-state index >= 15 is 0 Å². The van der Waals surface area contributed by atoms with E-state index in [0.29, 0.717) is 11.6 Å². The summed E-state index contributed by atoms with van der Waals surface area (Å²) in [6.07, 6.45) is 0. The fourth-order valence-electron chi connectivity index (χ4n) is 1.47. The molecule has 0 radical (unpaired) electrons. The van der Waals surface area contributed by atoms with Gasteiger partial charge in [-0.2, -0.15) is 0 Å². The second kappa shape index (κ2) is 5.19. The number of halogens is 2. The van der Waals surface area contributed by atoms with Gasteiger partial charge < -0.3 is 4.74 Å². The van der Waals surface area contributed by atoms with Gasteiger partial charge in [0.15, 0.2) is 0 Å². The lowest BCUT2D eigenvalue weighted by atomic mass is 10.2. The van der Waals surface area contributed by atoms with E-state index in [0.717, 1.165) is 16.9 Å². The highest BCUT2D eigenvalue weighted by Crippen LogP contribution is 2.23. The van der Waals surface area contributed by atoms with E-state index in [2.05, 4.69) is 0 Å². The first-order chi connectivity index (χ1) is 8.15. The van der Waals surface area contributed by atoms with Gasteiger partial charge in [0, 0.05) is 5.02 Å². The Balaban J connectivity index is 2.07. The van der Waals surface area contributed by atoms with Gasteiger partial charge in [-0.1, -0.05) is 29.8 Å². The summed E-state index contributed by atoms with van der Waals surface area (Å²) < 4.78 is 18.3. The van der Waals surface area contributed by atoms with Crippen LogP contribution in [0.1, 0.15) is 11.1 Å². The molecule has 2 aromatic carbocycles. The van der Waals surface area contributed by atoms with Crippen molar-refractivity contribution in [3.05, 3.63) is 64.4 Å². The lowest BCUT2D eigenvalue weighted by Crippen LogP contribution is -1.97. The monoisotopic (exact) mass is 250 g/mol. The molecule has 0 N–H and O–H groups in total. The Hall–Kier alpha value is -1.54. The Bertz CT molecular complexity index is 508. The van der Waals surface area contributed by atoms with E-state index in [4.69, 9.17) is 16.3 Å². The molecule has 0 aliphatic carbocycles. The van der Waals surface area contributed by atoms with Crippen LogP contribution in [0.25, 0.3) is 0 Å². The maximum atomic E-state index is 12.7. The quantitative estimate of drug-likeness (QED) is 0.786.